The molecule has 0 radical (unpaired) electrons. The van der Waals surface area contributed by atoms with Crippen molar-refractivity contribution in [2.45, 2.75) is 25.4 Å². The maximum absolute atomic E-state index is 13.0. The van der Waals surface area contributed by atoms with E-state index in [9.17, 15) is 35.5 Å². The Morgan fingerprint density at radius 3 is 2.00 bits per heavy atom. The van der Waals surface area contributed by atoms with Gasteiger partial charge in [0.05, 0.1) is 21.8 Å². The molecule has 0 saturated heterocycles. The summed E-state index contributed by atoms with van der Waals surface area (Å²) in [4.78, 5) is 12.1. The molecule has 11 heteroatoms. The maximum Gasteiger partial charge on any atom is 0.416 e. The monoisotopic (exact) mass is 429 g/mol. The number of alkyl halides is 6. The van der Waals surface area contributed by atoms with Crippen LogP contribution in [0.2, 0.25) is 5.02 Å². The molecule has 0 aliphatic heterocycles. The van der Waals surface area contributed by atoms with Gasteiger partial charge >= 0.3 is 12.4 Å². The zero-order valence-electron chi connectivity index (χ0n) is 13.9. The molecule has 1 atom stereocenters. The number of halogens is 8. The average Bonchev–Trinajstić information content (AvgIpc) is 2.55. The number of anilines is 1. The van der Waals surface area contributed by atoms with E-state index in [0.29, 0.717) is 12.1 Å². The van der Waals surface area contributed by atoms with E-state index < -0.39 is 47.1 Å². The summed E-state index contributed by atoms with van der Waals surface area (Å²) in [6.45, 7) is 1.11. The van der Waals surface area contributed by atoms with E-state index >= 15 is 0 Å². The molecule has 1 amide bonds. The van der Waals surface area contributed by atoms with Gasteiger partial charge in [0.15, 0.2) is 6.10 Å². The SMILES string of the molecule is CC(Oc1cc(C(F)(F)F)cc(C(F)(F)F)c1)C(=O)Nc1ccc(F)cc1Cl. The Morgan fingerprint density at radius 1 is 1.00 bits per heavy atom. The molecular formula is C17H11ClF7NO2. The zero-order chi connectivity index (χ0) is 21.3. The van der Waals surface area contributed by atoms with Crippen LogP contribution in [-0.4, -0.2) is 12.0 Å². The second kappa shape index (κ2) is 7.86. The molecule has 0 fully saturated rings. The molecule has 152 valence electrons. The fourth-order valence-electron chi connectivity index (χ4n) is 2.08. The van der Waals surface area contributed by atoms with E-state index in [1.165, 1.54) is 0 Å². The van der Waals surface area contributed by atoms with Gasteiger partial charge in [-0.25, -0.2) is 4.39 Å². The van der Waals surface area contributed by atoms with Crippen molar-refractivity contribution in [3.63, 3.8) is 0 Å². The number of nitrogens with one attached hydrogen (secondary N) is 1. The summed E-state index contributed by atoms with van der Waals surface area (Å²) >= 11 is 5.73. The summed E-state index contributed by atoms with van der Waals surface area (Å²) in [6, 6.07) is 3.68. The summed E-state index contributed by atoms with van der Waals surface area (Å²) < 4.78 is 95.0. The predicted octanol–water partition coefficient (Wildman–Crippen LogP) is 5.92. The van der Waals surface area contributed by atoms with Crippen molar-refractivity contribution in [3.05, 3.63) is 58.4 Å². The van der Waals surface area contributed by atoms with Crippen LogP contribution in [0, 0.1) is 5.82 Å². The number of rotatable bonds is 4. The lowest BCUT2D eigenvalue weighted by Gasteiger charge is -2.18. The second-order valence-electron chi connectivity index (χ2n) is 5.62. The second-order valence-corrected chi connectivity index (χ2v) is 6.02. The molecule has 0 aliphatic carbocycles. The molecule has 0 spiro atoms. The quantitative estimate of drug-likeness (QED) is 0.612. The first kappa shape index (κ1) is 21.8. The summed E-state index contributed by atoms with van der Waals surface area (Å²) in [5.41, 5.74) is -3.17. The van der Waals surface area contributed by atoms with Gasteiger partial charge in [0.1, 0.15) is 11.6 Å². The smallest absolute Gasteiger partial charge is 0.416 e. The Hall–Kier alpha value is -2.49. The van der Waals surface area contributed by atoms with Crippen molar-refractivity contribution in [3.8, 4) is 5.75 Å². The molecule has 0 bridgehead atoms. The van der Waals surface area contributed by atoms with Crippen molar-refractivity contribution >= 4 is 23.2 Å². The maximum atomic E-state index is 13.0. The fraction of sp³-hybridized carbons (Fsp3) is 0.235. The van der Waals surface area contributed by atoms with Gasteiger partial charge in [-0.1, -0.05) is 11.6 Å². The number of benzene rings is 2. The van der Waals surface area contributed by atoms with Crippen LogP contribution >= 0.6 is 11.6 Å². The molecule has 2 rings (SSSR count). The third-order valence-electron chi connectivity index (χ3n) is 3.43. The average molecular weight is 430 g/mol. The normalized spacial score (nSPS) is 13.2. The highest BCUT2D eigenvalue weighted by Gasteiger charge is 2.37. The Morgan fingerprint density at radius 2 is 1.54 bits per heavy atom. The summed E-state index contributed by atoms with van der Waals surface area (Å²) in [7, 11) is 0. The van der Waals surface area contributed by atoms with Gasteiger partial charge in [0.2, 0.25) is 0 Å². The molecule has 3 nitrogen and oxygen atoms in total. The number of amides is 1. The van der Waals surface area contributed by atoms with Crippen LogP contribution in [0.3, 0.4) is 0 Å². The lowest BCUT2D eigenvalue weighted by atomic mass is 10.1. The highest BCUT2D eigenvalue weighted by molar-refractivity contribution is 6.33. The van der Waals surface area contributed by atoms with Crippen LogP contribution in [0.25, 0.3) is 0 Å². The molecule has 0 aliphatic rings. The molecule has 28 heavy (non-hydrogen) atoms. The van der Waals surface area contributed by atoms with Gasteiger partial charge in [-0.15, -0.1) is 0 Å². The Kier molecular flexibility index (Phi) is 6.12. The number of carbonyl (C=O) groups excluding carboxylic acids is 1. The van der Waals surface area contributed by atoms with Gasteiger partial charge in [0, 0.05) is 0 Å². The first-order valence-corrected chi connectivity index (χ1v) is 7.87. The topological polar surface area (TPSA) is 38.3 Å². The lowest BCUT2D eigenvalue weighted by Crippen LogP contribution is -2.30. The van der Waals surface area contributed by atoms with Crippen LogP contribution in [-0.2, 0) is 17.1 Å². The van der Waals surface area contributed by atoms with Gasteiger partial charge in [-0.3, -0.25) is 4.79 Å². The predicted molar refractivity (Wildman–Crippen MR) is 86.6 cm³/mol. The largest absolute Gasteiger partial charge is 0.481 e. The van der Waals surface area contributed by atoms with Crippen LogP contribution in [0.15, 0.2) is 36.4 Å². The van der Waals surface area contributed by atoms with Crippen LogP contribution < -0.4 is 10.1 Å². The Balaban J connectivity index is 2.24. The van der Waals surface area contributed by atoms with Gasteiger partial charge < -0.3 is 10.1 Å². The molecule has 0 heterocycles. The van der Waals surface area contributed by atoms with Crippen molar-refractivity contribution in [1.29, 1.82) is 0 Å². The lowest BCUT2D eigenvalue weighted by molar-refractivity contribution is -0.143. The molecule has 0 saturated carbocycles. The van der Waals surface area contributed by atoms with E-state index in [2.05, 4.69) is 5.32 Å². The van der Waals surface area contributed by atoms with E-state index in [1.807, 2.05) is 0 Å². The van der Waals surface area contributed by atoms with Crippen molar-refractivity contribution in [2.24, 2.45) is 0 Å². The van der Waals surface area contributed by atoms with E-state index in [0.717, 1.165) is 25.1 Å². The number of ether oxygens (including phenoxy) is 1. The van der Waals surface area contributed by atoms with Crippen molar-refractivity contribution in [2.75, 3.05) is 5.32 Å². The van der Waals surface area contributed by atoms with E-state index in [1.54, 1.807) is 0 Å². The number of hydrogen-bond acceptors (Lipinski definition) is 2. The molecule has 2 aromatic rings. The van der Waals surface area contributed by atoms with Gasteiger partial charge in [-0.2, -0.15) is 26.3 Å². The molecule has 2 aromatic carbocycles. The molecule has 0 aromatic heterocycles. The fourth-order valence-corrected chi connectivity index (χ4v) is 2.29. The molecule has 1 unspecified atom stereocenters. The molecule has 1 N–H and O–H groups in total. The van der Waals surface area contributed by atoms with E-state index in [-0.39, 0.29) is 16.8 Å². The third-order valence-corrected chi connectivity index (χ3v) is 3.74. The minimum absolute atomic E-state index is 0.0106. The van der Waals surface area contributed by atoms with Crippen LogP contribution in [0.4, 0.5) is 36.4 Å². The van der Waals surface area contributed by atoms with Gasteiger partial charge in [0.25, 0.3) is 5.91 Å². The molecular weight excluding hydrogens is 419 g/mol. The Bertz CT molecular complexity index is 849. The minimum Gasteiger partial charge on any atom is -0.481 e. The number of hydrogen-bond donors (Lipinski definition) is 1. The van der Waals surface area contributed by atoms with Crippen molar-refractivity contribution < 1.29 is 40.3 Å². The summed E-state index contributed by atoms with van der Waals surface area (Å²) in [6.07, 6.45) is -11.6. The highest BCUT2D eigenvalue weighted by Crippen LogP contribution is 2.38. The van der Waals surface area contributed by atoms with Crippen LogP contribution in [0.5, 0.6) is 5.75 Å². The standard InChI is InChI=1S/C17H11ClF7NO2/c1-8(15(27)26-14-3-2-11(19)7-13(14)18)28-12-5-9(16(20,21)22)4-10(6-12)17(23,24)25/h2-8H,1H3,(H,26,27). The number of carbonyl (C=O) groups is 1. The first-order chi connectivity index (χ1) is 12.8. The summed E-state index contributed by atoms with van der Waals surface area (Å²) in [5, 5.41) is 2.09. The Labute approximate surface area is 159 Å². The van der Waals surface area contributed by atoms with Gasteiger partial charge in [-0.05, 0) is 43.3 Å². The third kappa shape index (κ3) is 5.51. The first-order valence-electron chi connectivity index (χ1n) is 7.49. The summed E-state index contributed by atoms with van der Waals surface area (Å²) in [5.74, 6) is -2.38. The highest BCUT2D eigenvalue weighted by atomic mass is 35.5. The van der Waals surface area contributed by atoms with Crippen molar-refractivity contribution in [1.82, 2.24) is 0 Å². The van der Waals surface area contributed by atoms with Crippen LogP contribution in [0.1, 0.15) is 18.1 Å². The minimum atomic E-state index is -5.05. The van der Waals surface area contributed by atoms with E-state index in [4.69, 9.17) is 16.3 Å². The zero-order valence-corrected chi connectivity index (χ0v) is 14.6.